The Morgan fingerprint density at radius 3 is 2.48 bits per heavy atom. The standard InChI is InChI=1S/C18H21N3O3S/c1-14-17-4-2-10-19(17)12-13-21(14)25(23,24)16-8-6-15(7-9-16)20-11-3-5-18(20)22/h2,4,6-10,14H,3,5,11-13H2,1H3/t14-/m1/s1. The molecule has 4 rings (SSSR count). The minimum Gasteiger partial charge on any atom is -0.349 e. The van der Waals surface area contributed by atoms with E-state index < -0.39 is 10.0 Å². The first-order valence-corrected chi connectivity index (χ1v) is 10.00. The minimum absolute atomic E-state index is 0.0982. The maximum atomic E-state index is 13.1. The highest BCUT2D eigenvalue weighted by Gasteiger charge is 2.34. The Kier molecular flexibility index (Phi) is 3.92. The summed E-state index contributed by atoms with van der Waals surface area (Å²) in [4.78, 5) is 13.8. The predicted octanol–water partition coefficient (Wildman–Crippen LogP) is 2.38. The van der Waals surface area contributed by atoms with Crippen LogP contribution in [-0.4, -0.2) is 36.3 Å². The molecule has 0 N–H and O–H groups in total. The second-order valence-electron chi connectivity index (χ2n) is 6.56. The van der Waals surface area contributed by atoms with E-state index in [1.165, 1.54) is 0 Å². The largest absolute Gasteiger partial charge is 0.349 e. The molecule has 7 heteroatoms. The van der Waals surface area contributed by atoms with Gasteiger partial charge >= 0.3 is 0 Å². The number of hydrogen-bond acceptors (Lipinski definition) is 3. The summed E-state index contributed by atoms with van der Waals surface area (Å²) in [6, 6.07) is 10.4. The molecule has 3 heterocycles. The van der Waals surface area contributed by atoms with Gasteiger partial charge in [-0.05, 0) is 49.7 Å². The molecule has 1 aromatic heterocycles. The lowest BCUT2D eigenvalue weighted by atomic mass is 10.2. The third-order valence-corrected chi connectivity index (χ3v) is 7.10. The van der Waals surface area contributed by atoms with Crippen molar-refractivity contribution in [1.82, 2.24) is 8.87 Å². The van der Waals surface area contributed by atoms with Gasteiger partial charge in [0.25, 0.3) is 0 Å². The third-order valence-electron chi connectivity index (χ3n) is 5.11. The van der Waals surface area contributed by atoms with E-state index in [-0.39, 0.29) is 16.8 Å². The van der Waals surface area contributed by atoms with Crippen LogP contribution in [0.25, 0.3) is 0 Å². The second kappa shape index (κ2) is 6.00. The van der Waals surface area contributed by atoms with Gasteiger partial charge in [0, 0.05) is 43.6 Å². The highest BCUT2D eigenvalue weighted by atomic mass is 32.2. The van der Waals surface area contributed by atoms with Crippen molar-refractivity contribution in [2.45, 2.75) is 37.2 Å². The number of anilines is 1. The molecule has 1 amide bonds. The third kappa shape index (κ3) is 2.67. The van der Waals surface area contributed by atoms with Gasteiger partial charge in [-0.25, -0.2) is 8.42 Å². The summed E-state index contributed by atoms with van der Waals surface area (Å²) in [6.07, 6.45) is 3.40. The molecule has 0 radical (unpaired) electrons. The van der Waals surface area contributed by atoms with Crippen LogP contribution in [0, 0.1) is 0 Å². The Bertz CT molecular complexity index is 902. The molecule has 6 nitrogen and oxygen atoms in total. The quantitative estimate of drug-likeness (QED) is 0.845. The molecule has 132 valence electrons. The molecule has 1 aromatic carbocycles. The van der Waals surface area contributed by atoms with Crippen LogP contribution >= 0.6 is 0 Å². The lowest BCUT2D eigenvalue weighted by molar-refractivity contribution is -0.117. The van der Waals surface area contributed by atoms with Crippen LogP contribution in [0.3, 0.4) is 0 Å². The van der Waals surface area contributed by atoms with Crippen LogP contribution in [0.4, 0.5) is 5.69 Å². The number of carbonyl (C=O) groups is 1. The summed E-state index contributed by atoms with van der Waals surface area (Å²) in [5.41, 5.74) is 1.77. The summed E-state index contributed by atoms with van der Waals surface area (Å²) in [5.74, 6) is 0.0982. The van der Waals surface area contributed by atoms with Crippen LogP contribution in [0.2, 0.25) is 0 Å². The van der Waals surface area contributed by atoms with Crippen molar-refractivity contribution < 1.29 is 13.2 Å². The van der Waals surface area contributed by atoms with Gasteiger partial charge < -0.3 is 9.47 Å². The molecular formula is C18H21N3O3S. The van der Waals surface area contributed by atoms with E-state index in [2.05, 4.69) is 4.57 Å². The molecule has 0 aliphatic carbocycles. The fraction of sp³-hybridized carbons (Fsp3) is 0.389. The number of amides is 1. The Hall–Kier alpha value is -2.12. The van der Waals surface area contributed by atoms with Gasteiger partial charge in [0.05, 0.1) is 10.9 Å². The van der Waals surface area contributed by atoms with Crippen LogP contribution in [0.5, 0.6) is 0 Å². The Balaban J connectivity index is 1.61. The number of hydrogen-bond donors (Lipinski definition) is 0. The van der Waals surface area contributed by atoms with Gasteiger partial charge in [-0.3, -0.25) is 4.79 Å². The summed E-state index contributed by atoms with van der Waals surface area (Å²) in [6.45, 7) is 3.73. The van der Waals surface area contributed by atoms with E-state index in [4.69, 9.17) is 0 Å². The molecule has 1 saturated heterocycles. The average molecular weight is 359 g/mol. The van der Waals surface area contributed by atoms with Crippen LogP contribution < -0.4 is 4.90 Å². The molecule has 2 aliphatic heterocycles. The maximum Gasteiger partial charge on any atom is 0.243 e. The topological polar surface area (TPSA) is 62.6 Å². The van der Waals surface area contributed by atoms with Gasteiger partial charge in [-0.15, -0.1) is 0 Å². The molecule has 0 saturated carbocycles. The number of sulfonamides is 1. The van der Waals surface area contributed by atoms with Gasteiger partial charge in [0.1, 0.15) is 0 Å². The molecule has 25 heavy (non-hydrogen) atoms. The maximum absolute atomic E-state index is 13.1. The van der Waals surface area contributed by atoms with Crippen LogP contribution in [-0.2, 0) is 21.4 Å². The van der Waals surface area contributed by atoms with Gasteiger partial charge in [-0.2, -0.15) is 4.31 Å². The van der Waals surface area contributed by atoms with E-state index in [9.17, 15) is 13.2 Å². The smallest absolute Gasteiger partial charge is 0.243 e. The highest BCUT2D eigenvalue weighted by molar-refractivity contribution is 7.89. The molecular weight excluding hydrogens is 338 g/mol. The van der Waals surface area contributed by atoms with Crippen LogP contribution in [0.15, 0.2) is 47.5 Å². The molecule has 2 aliphatic rings. The zero-order valence-corrected chi connectivity index (χ0v) is 14.9. The lowest BCUT2D eigenvalue weighted by Crippen LogP contribution is -2.40. The summed E-state index contributed by atoms with van der Waals surface area (Å²) >= 11 is 0. The molecule has 1 fully saturated rings. The van der Waals surface area contributed by atoms with E-state index in [1.807, 2.05) is 25.3 Å². The fourth-order valence-electron chi connectivity index (χ4n) is 3.74. The molecule has 1 atom stereocenters. The highest BCUT2D eigenvalue weighted by Crippen LogP contribution is 2.32. The summed E-state index contributed by atoms with van der Waals surface area (Å²) in [7, 11) is -3.57. The predicted molar refractivity (Wildman–Crippen MR) is 94.8 cm³/mol. The van der Waals surface area contributed by atoms with Crippen molar-refractivity contribution >= 4 is 21.6 Å². The van der Waals surface area contributed by atoms with Crippen molar-refractivity contribution in [2.24, 2.45) is 0 Å². The minimum atomic E-state index is -3.57. The zero-order valence-electron chi connectivity index (χ0n) is 14.1. The molecule has 2 aromatic rings. The SMILES string of the molecule is C[C@@H]1c2cccn2CCN1S(=O)(=O)c1ccc(N2CCCC2=O)cc1. The number of rotatable bonds is 3. The van der Waals surface area contributed by atoms with Crippen molar-refractivity contribution in [3.8, 4) is 0 Å². The number of nitrogens with zero attached hydrogens (tertiary/aromatic N) is 3. The normalized spacial score (nSPS) is 21.6. The lowest BCUT2D eigenvalue weighted by Gasteiger charge is -2.34. The van der Waals surface area contributed by atoms with Gasteiger partial charge in [-0.1, -0.05) is 0 Å². The van der Waals surface area contributed by atoms with Gasteiger partial charge in [0.15, 0.2) is 0 Å². The monoisotopic (exact) mass is 359 g/mol. The average Bonchev–Trinajstić information content (AvgIpc) is 3.24. The van der Waals surface area contributed by atoms with Gasteiger partial charge in [0.2, 0.25) is 15.9 Å². The van der Waals surface area contributed by atoms with E-state index in [0.717, 1.165) is 17.8 Å². The molecule has 0 spiro atoms. The molecule has 0 unspecified atom stereocenters. The molecule has 0 bridgehead atoms. The second-order valence-corrected chi connectivity index (χ2v) is 8.45. The van der Waals surface area contributed by atoms with E-state index in [1.54, 1.807) is 33.5 Å². The van der Waals surface area contributed by atoms with Crippen molar-refractivity contribution in [2.75, 3.05) is 18.0 Å². The van der Waals surface area contributed by atoms with E-state index >= 15 is 0 Å². The summed E-state index contributed by atoms with van der Waals surface area (Å²) < 4.78 is 29.8. The van der Waals surface area contributed by atoms with Crippen LogP contribution in [0.1, 0.15) is 31.5 Å². The first-order valence-electron chi connectivity index (χ1n) is 8.56. The first kappa shape index (κ1) is 16.4. The fourth-order valence-corrected chi connectivity index (χ4v) is 5.34. The number of aromatic nitrogens is 1. The van der Waals surface area contributed by atoms with Crippen molar-refractivity contribution in [1.29, 1.82) is 0 Å². The number of benzene rings is 1. The zero-order chi connectivity index (χ0) is 17.6. The number of carbonyl (C=O) groups excluding carboxylic acids is 1. The first-order chi connectivity index (χ1) is 12.0. The Morgan fingerprint density at radius 1 is 1.04 bits per heavy atom. The Morgan fingerprint density at radius 2 is 1.80 bits per heavy atom. The van der Waals surface area contributed by atoms with Crippen molar-refractivity contribution in [3.63, 3.8) is 0 Å². The Labute approximate surface area is 147 Å². The van der Waals surface area contributed by atoms with Crippen molar-refractivity contribution in [3.05, 3.63) is 48.3 Å². The van der Waals surface area contributed by atoms with E-state index in [0.29, 0.717) is 26.1 Å². The summed E-state index contributed by atoms with van der Waals surface area (Å²) in [5, 5.41) is 0. The number of fused-ring (bicyclic) bond motifs is 1.